The molecule has 0 saturated heterocycles. The number of thiophene rings is 1. The molecule has 0 aliphatic heterocycles. The average molecular weight is 390 g/mol. The zero-order valence-corrected chi connectivity index (χ0v) is 15.7. The zero-order chi connectivity index (χ0) is 18.8. The van der Waals surface area contributed by atoms with Crippen LogP contribution in [0.2, 0.25) is 5.02 Å². The highest BCUT2D eigenvalue weighted by Crippen LogP contribution is 2.45. The Morgan fingerprint density at radius 2 is 1.88 bits per heavy atom. The molecule has 1 heterocycles. The van der Waals surface area contributed by atoms with Crippen LogP contribution in [0.15, 0.2) is 42.5 Å². The molecule has 0 fully saturated rings. The summed E-state index contributed by atoms with van der Waals surface area (Å²) in [6.07, 6.45) is 0. The van der Waals surface area contributed by atoms with Crippen LogP contribution in [-0.4, -0.2) is 24.1 Å². The van der Waals surface area contributed by atoms with Gasteiger partial charge in [0.1, 0.15) is 21.3 Å². The summed E-state index contributed by atoms with van der Waals surface area (Å²) in [6, 6.07) is 12.5. The molecule has 1 amide bonds. The molecule has 2 aromatic carbocycles. The first-order chi connectivity index (χ1) is 12.4. The summed E-state index contributed by atoms with van der Waals surface area (Å²) in [5.41, 5.74) is 1.19. The van der Waals surface area contributed by atoms with Gasteiger partial charge in [0, 0.05) is 12.3 Å². The summed E-state index contributed by atoms with van der Waals surface area (Å²) in [5, 5.41) is 11.0. The standard InChI is InChI=1S/C19H16ClNO4S/c1-11(22)21(10-12-6-4-3-5-7-12)18-15(19(24)25-2)13-8-9-14(23)16(20)17(13)26-18/h3-9,23H,10H2,1-2H3. The van der Waals surface area contributed by atoms with Gasteiger partial charge in [-0.25, -0.2) is 4.79 Å². The SMILES string of the molecule is COC(=O)c1c(N(Cc2ccccc2)C(C)=O)sc2c(Cl)c(O)ccc12. The summed E-state index contributed by atoms with van der Waals surface area (Å²) in [4.78, 5) is 26.3. The lowest BCUT2D eigenvalue weighted by atomic mass is 10.1. The van der Waals surface area contributed by atoms with Gasteiger partial charge in [-0.2, -0.15) is 0 Å². The highest BCUT2D eigenvalue weighted by Gasteiger charge is 2.27. The van der Waals surface area contributed by atoms with Crippen LogP contribution < -0.4 is 4.90 Å². The molecule has 7 heteroatoms. The van der Waals surface area contributed by atoms with Crippen LogP contribution in [0.4, 0.5) is 5.00 Å². The van der Waals surface area contributed by atoms with Crippen LogP contribution in [0.1, 0.15) is 22.8 Å². The molecule has 5 nitrogen and oxygen atoms in total. The van der Waals surface area contributed by atoms with Gasteiger partial charge in [0.05, 0.1) is 18.4 Å². The lowest BCUT2D eigenvalue weighted by Gasteiger charge is -2.20. The molecule has 3 aromatic rings. The maximum atomic E-state index is 12.4. The minimum atomic E-state index is -0.563. The third kappa shape index (κ3) is 3.25. The molecule has 26 heavy (non-hydrogen) atoms. The fourth-order valence-electron chi connectivity index (χ4n) is 2.69. The number of amides is 1. The number of esters is 1. The van der Waals surface area contributed by atoms with E-state index in [0.29, 0.717) is 21.6 Å². The molecule has 0 spiro atoms. The van der Waals surface area contributed by atoms with Gasteiger partial charge in [-0.15, -0.1) is 11.3 Å². The van der Waals surface area contributed by atoms with E-state index in [0.717, 1.165) is 5.56 Å². The Hall–Kier alpha value is -2.57. The molecule has 0 aliphatic carbocycles. The Balaban J connectivity index is 2.21. The Bertz CT molecular complexity index is 984. The van der Waals surface area contributed by atoms with Gasteiger partial charge in [0.2, 0.25) is 5.91 Å². The second kappa shape index (κ2) is 7.35. The number of nitrogens with zero attached hydrogens (tertiary/aromatic N) is 1. The van der Waals surface area contributed by atoms with E-state index in [2.05, 4.69) is 0 Å². The van der Waals surface area contributed by atoms with Crippen LogP contribution >= 0.6 is 22.9 Å². The molecule has 0 radical (unpaired) electrons. The smallest absolute Gasteiger partial charge is 0.341 e. The highest BCUT2D eigenvalue weighted by atomic mass is 35.5. The molecule has 0 atom stereocenters. The number of anilines is 1. The number of phenols is 1. The van der Waals surface area contributed by atoms with Gasteiger partial charge in [-0.1, -0.05) is 41.9 Å². The van der Waals surface area contributed by atoms with E-state index in [4.69, 9.17) is 16.3 Å². The van der Waals surface area contributed by atoms with E-state index in [1.54, 1.807) is 6.07 Å². The third-order valence-electron chi connectivity index (χ3n) is 3.96. The number of hydrogen-bond donors (Lipinski definition) is 1. The van der Waals surface area contributed by atoms with E-state index in [1.165, 1.54) is 36.3 Å². The highest BCUT2D eigenvalue weighted by molar-refractivity contribution is 7.24. The minimum Gasteiger partial charge on any atom is -0.506 e. The quantitative estimate of drug-likeness (QED) is 0.662. The van der Waals surface area contributed by atoms with Crippen LogP contribution in [0.5, 0.6) is 5.75 Å². The van der Waals surface area contributed by atoms with Gasteiger partial charge in [-0.05, 0) is 17.7 Å². The molecule has 0 bridgehead atoms. The Morgan fingerprint density at radius 3 is 2.50 bits per heavy atom. The number of phenolic OH excluding ortho intramolecular Hbond substituents is 1. The van der Waals surface area contributed by atoms with Crippen molar-refractivity contribution < 1.29 is 19.4 Å². The molecule has 134 valence electrons. The number of hydrogen-bond acceptors (Lipinski definition) is 5. The number of aromatic hydroxyl groups is 1. The molecule has 0 unspecified atom stereocenters. The van der Waals surface area contributed by atoms with Crippen molar-refractivity contribution in [1.29, 1.82) is 0 Å². The van der Waals surface area contributed by atoms with Crippen molar-refractivity contribution in [2.45, 2.75) is 13.5 Å². The first-order valence-electron chi connectivity index (χ1n) is 7.78. The molecule has 0 aliphatic rings. The monoisotopic (exact) mass is 389 g/mol. The van der Waals surface area contributed by atoms with Crippen LogP contribution in [0.3, 0.4) is 0 Å². The van der Waals surface area contributed by atoms with E-state index < -0.39 is 5.97 Å². The molecule has 0 saturated carbocycles. The number of benzene rings is 2. The first-order valence-corrected chi connectivity index (χ1v) is 8.97. The topological polar surface area (TPSA) is 66.8 Å². The minimum absolute atomic E-state index is 0.0826. The number of carbonyl (C=O) groups is 2. The number of halogens is 1. The molecule has 1 aromatic heterocycles. The number of carbonyl (C=O) groups excluding carboxylic acids is 2. The molecule has 3 rings (SSSR count). The van der Waals surface area contributed by atoms with Crippen molar-refractivity contribution in [2.24, 2.45) is 0 Å². The summed E-state index contributed by atoms with van der Waals surface area (Å²) < 4.78 is 5.45. The maximum Gasteiger partial charge on any atom is 0.341 e. The fraction of sp³-hybridized carbons (Fsp3) is 0.158. The summed E-state index contributed by atoms with van der Waals surface area (Å²) in [7, 11) is 1.28. The van der Waals surface area contributed by atoms with Crippen molar-refractivity contribution >= 4 is 49.9 Å². The third-order valence-corrected chi connectivity index (χ3v) is 5.70. The largest absolute Gasteiger partial charge is 0.506 e. The van der Waals surface area contributed by atoms with Gasteiger partial charge in [0.15, 0.2) is 0 Å². The van der Waals surface area contributed by atoms with Crippen LogP contribution in [0.25, 0.3) is 10.1 Å². The zero-order valence-electron chi connectivity index (χ0n) is 14.2. The Kier molecular flexibility index (Phi) is 5.15. The lowest BCUT2D eigenvalue weighted by molar-refractivity contribution is -0.116. The average Bonchev–Trinajstić information content (AvgIpc) is 3.02. The van der Waals surface area contributed by atoms with Gasteiger partial charge < -0.3 is 9.84 Å². The summed E-state index contributed by atoms with van der Waals surface area (Å²) in [5.74, 6) is -0.862. The van der Waals surface area contributed by atoms with Gasteiger partial charge in [0.25, 0.3) is 0 Å². The van der Waals surface area contributed by atoms with Crippen molar-refractivity contribution in [3.63, 3.8) is 0 Å². The number of ether oxygens (including phenoxy) is 1. The van der Waals surface area contributed by atoms with Gasteiger partial charge >= 0.3 is 5.97 Å². The predicted octanol–water partition coefficient (Wildman–Crippen LogP) is 4.60. The fourth-order valence-corrected chi connectivity index (χ4v) is 4.23. The summed E-state index contributed by atoms with van der Waals surface area (Å²) >= 11 is 7.38. The van der Waals surface area contributed by atoms with Gasteiger partial charge in [-0.3, -0.25) is 9.69 Å². The molecule has 1 N–H and O–H groups in total. The van der Waals surface area contributed by atoms with Crippen molar-refractivity contribution in [3.05, 3.63) is 58.6 Å². The predicted molar refractivity (Wildman–Crippen MR) is 103 cm³/mol. The number of methoxy groups -OCH3 is 1. The summed E-state index contributed by atoms with van der Waals surface area (Å²) in [6.45, 7) is 1.74. The second-order valence-electron chi connectivity index (χ2n) is 5.64. The van der Waals surface area contributed by atoms with Crippen molar-refractivity contribution in [1.82, 2.24) is 0 Å². The second-order valence-corrected chi connectivity index (χ2v) is 7.02. The number of fused-ring (bicyclic) bond motifs is 1. The normalized spacial score (nSPS) is 10.7. The Labute approximate surface area is 159 Å². The van der Waals surface area contributed by atoms with E-state index in [-0.39, 0.29) is 22.2 Å². The van der Waals surface area contributed by atoms with Crippen LogP contribution in [0, 0.1) is 0 Å². The van der Waals surface area contributed by atoms with E-state index in [9.17, 15) is 14.7 Å². The maximum absolute atomic E-state index is 12.4. The van der Waals surface area contributed by atoms with E-state index >= 15 is 0 Å². The molecular weight excluding hydrogens is 374 g/mol. The number of rotatable bonds is 4. The Morgan fingerprint density at radius 1 is 1.19 bits per heavy atom. The lowest BCUT2D eigenvalue weighted by Crippen LogP contribution is -2.28. The van der Waals surface area contributed by atoms with Crippen LogP contribution in [-0.2, 0) is 16.1 Å². The first kappa shape index (κ1) is 18.2. The van der Waals surface area contributed by atoms with Crippen molar-refractivity contribution in [3.8, 4) is 5.75 Å². The van der Waals surface area contributed by atoms with E-state index in [1.807, 2.05) is 30.3 Å². The van der Waals surface area contributed by atoms with Crippen molar-refractivity contribution in [2.75, 3.05) is 12.0 Å². The molecular formula is C19H16ClNO4S.